The first-order valence-corrected chi connectivity index (χ1v) is 7.76. The standard InChI is InChI=1S/C15H25N3/c16-11-13-5-1-2-7-15(13)18-10-4-9-17-8-3-6-14(17)12-18/h13-15H,1-10,12H2. The largest absolute Gasteiger partial charge is 0.299 e. The molecule has 3 nitrogen and oxygen atoms in total. The lowest BCUT2D eigenvalue weighted by atomic mass is 9.84. The molecule has 3 atom stereocenters. The zero-order valence-electron chi connectivity index (χ0n) is 11.4. The maximum absolute atomic E-state index is 9.36. The molecule has 3 heteroatoms. The van der Waals surface area contributed by atoms with Crippen LogP contribution in [-0.4, -0.2) is 48.1 Å². The van der Waals surface area contributed by atoms with Crippen LogP contribution >= 0.6 is 0 Å². The number of hydrogen-bond acceptors (Lipinski definition) is 3. The predicted octanol–water partition coefficient (Wildman–Crippen LogP) is 2.24. The lowest BCUT2D eigenvalue weighted by Crippen LogP contribution is -2.46. The van der Waals surface area contributed by atoms with Gasteiger partial charge in [-0.25, -0.2) is 0 Å². The average Bonchev–Trinajstić information content (AvgIpc) is 2.76. The van der Waals surface area contributed by atoms with Crippen molar-refractivity contribution in [1.29, 1.82) is 5.26 Å². The zero-order chi connectivity index (χ0) is 12.4. The van der Waals surface area contributed by atoms with E-state index in [1.807, 2.05) is 0 Å². The van der Waals surface area contributed by atoms with Gasteiger partial charge in [-0.05, 0) is 51.7 Å². The van der Waals surface area contributed by atoms with Crippen LogP contribution in [-0.2, 0) is 0 Å². The molecule has 3 unspecified atom stereocenters. The lowest BCUT2D eigenvalue weighted by molar-refractivity contribution is 0.116. The minimum absolute atomic E-state index is 0.298. The lowest BCUT2D eigenvalue weighted by Gasteiger charge is -2.37. The molecule has 2 heterocycles. The molecule has 0 spiro atoms. The molecule has 0 amide bonds. The Hall–Kier alpha value is -0.590. The predicted molar refractivity (Wildman–Crippen MR) is 72.1 cm³/mol. The van der Waals surface area contributed by atoms with Crippen molar-refractivity contribution in [2.75, 3.05) is 26.2 Å². The highest BCUT2D eigenvalue weighted by Crippen LogP contribution is 2.31. The van der Waals surface area contributed by atoms with Crippen molar-refractivity contribution < 1.29 is 0 Å². The topological polar surface area (TPSA) is 30.3 Å². The molecule has 18 heavy (non-hydrogen) atoms. The molecule has 0 radical (unpaired) electrons. The summed E-state index contributed by atoms with van der Waals surface area (Å²) in [7, 11) is 0. The van der Waals surface area contributed by atoms with Crippen LogP contribution in [0.4, 0.5) is 0 Å². The van der Waals surface area contributed by atoms with Crippen LogP contribution in [0.25, 0.3) is 0 Å². The van der Waals surface area contributed by atoms with Crippen LogP contribution in [0, 0.1) is 17.2 Å². The molecule has 3 aliphatic rings. The average molecular weight is 247 g/mol. The molecule has 0 aromatic carbocycles. The Morgan fingerprint density at radius 1 is 0.833 bits per heavy atom. The van der Waals surface area contributed by atoms with Crippen molar-refractivity contribution in [2.45, 2.75) is 57.0 Å². The van der Waals surface area contributed by atoms with E-state index in [0.717, 1.165) is 12.5 Å². The first-order valence-electron chi connectivity index (χ1n) is 7.76. The maximum atomic E-state index is 9.36. The number of nitriles is 1. The van der Waals surface area contributed by atoms with Gasteiger partial charge in [0.25, 0.3) is 0 Å². The third-order valence-electron chi connectivity index (χ3n) is 5.20. The Morgan fingerprint density at radius 2 is 1.61 bits per heavy atom. The minimum Gasteiger partial charge on any atom is -0.299 e. The van der Waals surface area contributed by atoms with E-state index in [4.69, 9.17) is 0 Å². The number of fused-ring (bicyclic) bond motifs is 1. The summed E-state index contributed by atoms with van der Waals surface area (Å²) in [5, 5.41) is 9.36. The summed E-state index contributed by atoms with van der Waals surface area (Å²) in [5.74, 6) is 0.298. The highest BCUT2D eigenvalue weighted by Gasteiger charge is 2.35. The summed E-state index contributed by atoms with van der Waals surface area (Å²) in [4.78, 5) is 5.35. The minimum atomic E-state index is 0.298. The molecule has 1 saturated carbocycles. The van der Waals surface area contributed by atoms with Crippen LogP contribution in [0.15, 0.2) is 0 Å². The van der Waals surface area contributed by atoms with Gasteiger partial charge in [0.1, 0.15) is 0 Å². The molecule has 3 fully saturated rings. The molecular weight excluding hydrogens is 222 g/mol. The Balaban J connectivity index is 1.68. The first-order chi connectivity index (χ1) is 8.88. The van der Waals surface area contributed by atoms with Gasteiger partial charge in [-0.1, -0.05) is 12.8 Å². The second kappa shape index (κ2) is 5.59. The smallest absolute Gasteiger partial charge is 0.0672 e. The van der Waals surface area contributed by atoms with E-state index in [2.05, 4.69) is 15.9 Å². The number of hydrogen-bond donors (Lipinski definition) is 0. The first kappa shape index (κ1) is 12.4. The van der Waals surface area contributed by atoms with Gasteiger partial charge >= 0.3 is 0 Å². The number of nitrogens with zero attached hydrogens (tertiary/aromatic N) is 3. The fraction of sp³-hybridized carbons (Fsp3) is 0.933. The van der Waals surface area contributed by atoms with Crippen molar-refractivity contribution in [1.82, 2.24) is 9.80 Å². The zero-order valence-corrected chi connectivity index (χ0v) is 11.4. The van der Waals surface area contributed by atoms with Crippen molar-refractivity contribution >= 4 is 0 Å². The monoisotopic (exact) mass is 247 g/mol. The maximum Gasteiger partial charge on any atom is 0.0672 e. The Morgan fingerprint density at radius 3 is 2.50 bits per heavy atom. The van der Waals surface area contributed by atoms with Crippen LogP contribution in [0.3, 0.4) is 0 Å². The van der Waals surface area contributed by atoms with Gasteiger partial charge in [0.05, 0.1) is 12.0 Å². The van der Waals surface area contributed by atoms with E-state index < -0.39 is 0 Å². The van der Waals surface area contributed by atoms with Gasteiger partial charge in [0, 0.05) is 18.6 Å². The van der Waals surface area contributed by atoms with Crippen LogP contribution in [0.1, 0.15) is 44.9 Å². The van der Waals surface area contributed by atoms with Crippen molar-refractivity contribution in [3.63, 3.8) is 0 Å². The molecule has 0 aromatic rings. The van der Waals surface area contributed by atoms with E-state index in [0.29, 0.717) is 12.0 Å². The Bertz CT molecular complexity index is 322. The van der Waals surface area contributed by atoms with E-state index in [-0.39, 0.29) is 0 Å². The summed E-state index contributed by atoms with van der Waals surface area (Å²) in [6.07, 6.45) is 9.03. The molecule has 1 aliphatic carbocycles. The summed E-state index contributed by atoms with van der Waals surface area (Å²) >= 11 is 0. The van der Waals surface area contributed by atoms with E-state index >= 15 is 0 Å². The van der Waals surface area contributed by atoms with Crippen LogP contribution < -0.4 is 0 Å². The highest BCUT2D eigenvalue weighted by atomic mass is 15.3. The second-order valence-corrected chi connectivity index (χ2v) is 6.27. The molecule has 2 aliphatic heterocycles. The molecule has 0 N–H and O–H groups in total. The fourth-order valence-corrected chi connectivity index (χ4v) is 4.24. The fourth-order valence-electron chi connectivity index (χ4n) is 4.24. The third-order valence-corrected chi connectivity index (χ3v) is 5.20. The molecular formula is C15H25N3. The molecule has 0 bridgehead atoms. The molecule has 2 saturated heterocycles. The van der Waals surface area contributed by atoms with E-state index in [1.165, 1.54) is 64.7 Å². The van der Waals surface area contributed by atoms with Gasteiger partial charge < -0.3 is 0 Å². The Kier molecular flexibility index (Phi) is 3.86. The summed E-state index contributed by atoms with van der Waals surface area (Å²) < 4.78 is 0. The summed E-state index contributed by atoms with van der Waals surface area (Å²) in [5.41, 5.74) is 0. The van der Waals surface area contributed by atoms with E-state index in [1.54, 1.807) is 0 Å². The summed E-state index contributed by atoms with van der Waals surface area (Å²) in [6.45, 7) is 5.04. The molecule has 3 rings (SSSR count). The van der Waals surface area contributed by atoms with Crippen molar-refractivity contribution in [3.8, 4) is 6.07 Å². The van der Waals surface area contributed by atoms with Crippen molar-refractivity contribution in [2.24, 2.45) is 5.92 Å². The Labute approximate surface area is 111 Å². The van der Waals surface area contributed by atoms with Crippen LogP contribution in [0.5, 0.6) is 0 Å². The normalized spacial score (nSPS) is 38.9. The summed E-state index contributed by atoms with van der Waals surface area (Å²) in [6, 6.07) is 3.92. The molecule has 0 aromatic heterocycles. The highest BCUT2D eigenvalue weighted by molar-refractivity contribution is 4.97. The SMILES string of the molecule is N#CC1CCCCC1N1CCCN2CCCC2C1. The van der Waals surface area contributed by atoms with Gasteiger partial charge in [-0.3, -0.25) is 9.80 Å². The molecule has 100 valence electrons. The van der Waals surface area contributed by atoms with E-state index in [9.17, 15) is 5.26 Å². The van der Waals surface area contributed by atoms with Crippen LogP contribution in [0.2, 0.25) is 0 Å². The second-order valence-electron chi connectivity index (χ2n) is 6.27. The third kappa shape index (κ3) is 2.41. The van der Waals surface area contributed by atoms with Gasteiger partial charge in [0.2, 0.25) is 0 Å². The van der Waals surface area contributed by atoms with Crippen molar-refractivity contribution in [3.05, 3.63) is 0 Å². The number of rotatable bonds is 1. The quantitative estimate of drug-likeness (QED) is 0.712. The van der Waals surface area contributed by atoms with Gasteiger partial charge in [-0.15, -0.1) is 0 Å². The van der Waals surface area contributed by atoms with Gasteiger partial charge in [-0.2, -0.15) is 5.26 Å². The van der Waals surface area contributed by atoms with Gasteiger partial charge in [0.15, 0.2) is 0 Å².